The van der Waals surface area contributed by atoms with Crippen molar-refractivity contribution in [2.24, 2.45) is 0 Å². The predicted octanol–water partition coefficient (Wildman–Crippen LogP) is 1.39. The zero-order valence-corrected chi connectivity index (χ0v) is 14.6. The number of likely N-dealkylation sites (N-methyl/N-ethyl adjacent to an activating group) is 1. The van der Waals surface area contributed by atoms with Gasteiger partial charge < -0.3 is 10.6 Å². The number of hydrogen-bond acceptors (Lipinski definition) is 5. The van der Waals surface area contributed by atoms with Crippen molar-refractivity contribution in [2.45, 2.75) is 51.7 Å². The zero-order valence-electron chi connectivity index (χ0n) is 13.8. The second-order valence-electron chi connectivity index (χ2n) is 5.04. The third-order valence-corrected chi connectivity index (χ3v) is 3.85. The molecule has 0 bridgehead atoms. The molecular formula is C15H24N4O2S. The zero-order chi connectivity index (χ0) is 16.7. The summed E-state index contributed by atoms with van der Waals surface area (Å²) in [4.78, 5) is 32.3. The van der Waals surface area contributed by atoms with Crippen LogP contribution in [0, 0.1) is 13.8 Å². The molecule has 0 unspecified atom stereocenters. The Bertz CT molecular complexity index is 525. The van der Waals surface area contributed by atoms with Gasteiger partial charge >= 0.3 is 0 Å². The molecule has 0 aliphatic rings. The van der Waals surface area contributed by atoms with Crippen LogP contribution in [0.3, 0.4) is 0 Å². The number of carbonyl (C=O) groups is 2. The Morgan fingerprint density at radius 1 is 1.23 bits per heavy atom. The Kier molecular flexibility index (Phi) is 7.31. The van der Waals surface area contributed by atoms with Gasteiger partial charge in [-0.3, -0.25) is 9.59 Å². The van der Waals surface area contributed by atoms with Crippen LogP contribution in [0.4, 0.5) is 0 Å². The third kappa shape index (κ3) is 5.29. The van der Waals surface area contributed by atoms with Crippen LogP contribution < -0.4 is 10.6 Å². The number of amides is 2. The van der Waals surface area contributed by atoms with E-state index in [2.05, 4.69) is 20.6 Å². The largest absolute Gasteiger partial charge is 0.355 e. The van der Waals surface area contributed by atoms with Gasteiger partial charge in [-0.05, 0) is 45.9 Å². The van der Waals surface area contributed by atoms with Crippen LogP contribution in [0.15, 0.2) is 5.16 Å². The van der Waals surface area contributed by atoms with E-state index in [4.69, 9.17) is 0 Å². The first-order chi connectivity index (χ1) is 10.4. The second kappa shape index (κ2) is 8.73. The lowest BCUT2D eigenvalue weighted by Gasteiger charge is -2.14. The van der Waals surface area contributed by atoms with Crippen LogP contribution in [0.5, 0.6) is 0 Å². The van der Waals surface area contributed by atoms with Crippen molar-refractivity contribution in [3.8, 4) is 0 Å². The monoisotopic (exact) mass is 324 g/mol. The van der Waals surface area contributed by atoms with Crippen molar-refractivity contribution in [2.75, 3.05) is 12.8 Å². The Balaban J connectivity index is 2.59. The van der Waals surface area contributed by atoms with Gasteiger partial charge in [-0.25, -0.2) is 9.97 Å². The number of rotatable bonds is 7. The summed E-state index contributed by atoms with van der Waals surface area (Å²) >= 11 is 1.50. The minimum atomic E-state index is -0.523. The summed E-state index contributed by atoms with van der Waals surface area (Å²) in [7, 11) is 0. The summed E-state index contributed by atoms with van der Waals surface area (Å²) in [5.41, 5.74) is 2.81. The maximum Gasteiger partial charge on any atom is 0.242 e. The highest BCUT2D eigenvalue weighted by Gasteiger charge is 2.15. The van der Waals surface area contributed by atoms with Gasteiger partial charge in [-0.1, -0.05) is 11.8 Å². The Hall–Kier alpha value is -1.63. The van der Waals surface area contributed by atoms with E-state index in [1.165, 1.54) is 11.8 Å². The molecule has 0 saturated carbocycles. The Morgan fingerprint density at radius 3 is 2.32 bits per heavy atom. The first-order valence-electron chi connectivity index (χ1n) is 7.34. The predicted molar refractivity (Wildman–Crippen MR) is 87.9 cm³/mol. The van der Waals surface area contributed by atoms with Crippen LogP contribution in [-0.4, -0.2) is 40.6 Å². The fourth-order valence-corrected chi connectivity index (χ4v) is 2.56. The molecule has 1 atom stereocenters. The van der Waals surface area contributed by atoms with Crippen LogP contribution in [-0.2, 0) is 16.0 Å². The minimum Gasteiger partial charge on any atom is -0.355 e. The molecule has 1 heterocycles. The van der Waals surface area contributed by atoms with Crippen molar-refractivity contribution in [1.29, 1.82) is 0 Å². The van der Waals surface area contributed by atoms with Gasteiger partial charge in [0.25, 0.3) is 0 Å². The highest BCUT2D eigenvalue weighted by molar-refractivity contribution is 7.98. The summed E-state index contributed by atoms with van der Waals surface area (Å²) in [5, 5.41) is 6.12. The molecule has 2 amide bonds. The minimum absolute atomic E-state index is 0.147. The van der Waals surface area contributed by atoms with Crippen molar-refractivity contribution >= 4 is 23.6 Å². The molecule has 6 nitrogen and oxygen atoms in total. The molecule has 0 aromatic carbocycles. The summed E-state index contributed by atoms with van der Waals surface area (Å²) in [5.74, 6) is -0.317. The van der Waals surface area contributed by atoms with Gasteiger partial charge in [0.2, 0.25) is 11.8 Å². The molecule has 1 aromatic heterocycles. The van der Waals surface area contributed by atoms with Crippen molar-refractivity contribution in [3.63, 3.8) is 0 Å². The van der Waals surface area contributed by atoms with Crippen molar-refractivity contribution in [3.05, 3.63) is 17.0 Å². The van der Waals surface area contributed by atoms with Crippen LogP contribution in [0.1, 0.15) is 37.2 Å². The lowest BCUT2D eigenvalue weighted by Crippen LogP contribution is -2.44. The van der Waals surface area contributed by atoms with Gasteiger partial charge in [-0.2, -0.15) is 0 Å². The molecule has 7 heteroatoms. The molecule has 1 rings (SSSR count). The van der Waals surface area contributed by atoms with Gasteiger partial charge in [0.15, 0.2) is 5.16 Å². The van der Waals surface area contributed by atoms with Gasteiger partial charge in [0.1, 0.15) is 6.04 Å². The third-order valence-electron chi connectivity index (χ3n) is 3.31. The molecular weight excluding hydrogens is 300 g/mol. The van der Waals surface area contributed by atoms with Gasteiger partial charge in [0.05, 0.1) is 0 Å². The van der Waals surface area contributed by atoms with E-state index in [9.17, 15) is 9.59 Å². The number of thioether (sulfide) groups is 1. The van der Waals surface area contributed by atoms with Crippen molar-refractivity contribution in [1.82, 2.24) is 20.6 Å². The smallest absolute Gasteiger partial charge is 0.242 e. The van der Waals surface area contributed by atoms with E-state index >= 15 is 0 Å². The number of nitrogens with zero attached hydrogens (tertiary/aromatic N) is 2. The Morgan fingerprint density at radius 2 is 1.82 bits per heavy atom. The average Bonchev–Trinajstić information content (AvgIpc) is 2.46. The topological polar surface area (TPSA) is 84.0 Å². The second-order valence-corrected chi connectivity index (χ2v) is 5.82. The molecule has 1 aromatic rings. The summed E-state index contributed by atoms with van der Waals surface area (Å²) < 4.78 is 0. The maximum atomic E-state index is 11.9. The number of nitrogens with one attached hydrogen (secondary N) is 2. The highest BCUT2D eigenvalue weighted by atomic mass is 32.2. The number of carbonyl (C=O) groups excluding carboxylic acids is 2. The summed E-state index contributed by atoms with van der Waals surface area (Å²) in [6.45, 7) is 7.93. The Labute approximate surface area is 135 Å². The van der Waals surface area contributed by atoms with E-state index in [1.54, 1.807) is 6.92 Å². The molecule has 0 aliphatic carbocycles. The molecule has 22 heavy (non-hydrogen) atoms. The molecule has 0 radical (unpaired) electrons. The van der Waals surface area contributed by atoms with Crippen LogP contribution in [0.25, 0.3) is 0 Å². The molecule has 122 valence electrons. The van der Waals surface area contributed by atoms with Gasteiger partial charge in [0, 0.05) is 24.4 Å². The lowest BCUT2D eigenvalue weighted by molar-refractivity contribution is -0.128. The molecule has 0 saturated heterocycles. The normalized spacial score (nSPS) is 11.9. The van der Waals surface area contributed by atoms with Crippen LogP contribution in [0.2, 0.25) is 0 Å². The number of aryl methyl sites for hydroxylation is 2. The van der Waals surface area contributed by atoms with E-state index in [-0.39, 0.29) is 11.8 Å². The average molecular weight is 324 g/mol. The van der Waals surface area contributed by atoms with E-state index in [0.29, 0.717) is 19.4 Å². The molecule has 0 spiro atoms. The van der Waals surface area contributed by atoms with Gasteiger partial charge in [-0.15, -0.1) is 0 Å². The maximum absolute atomic E-state index is 11.9. The fraction of sp³-hybridized carbons (Fsp3) is 0.600. The molecule has 0 aliphatic heterocycles. The number of aromatic nitrogens is 2. The van der Waals surface area contributed by atoms with E-state index in [0.717, 1.165) is 22.1 Å². The van der Waals surface area contributed by atoms with E-state index < -0.39 is 6.04 Å². The number of hydrogen-bond donors (Lipinski definition) is 2. The summed E-state index contributed by atoms with van der Waals surface area (Å²) in [6.07, 6.45) is 2.82. The lowest BCUT2D eigenvalue weighted by atomic mass is 10.1. The highest BCUT2D eigenvalue weighted by Crippen LogP contribution is 2.17. The van der Waals surface area contributed by atoms with Crippen molar-refractivity contribution < 1.29 is 9.59 Å². The standard InChI is InChI=1S/C15H24N4O2S/c1-6-16-14(21)11(4)17-13(20)8-7-12-9(2)18-15(22-5)19-10(12)3/h11H,6-8H2,1-5H3,(H,16,21)(H,17,20)/t11-/m0/s1. The molecule has 0 fully saturated rings. The SMILES string of the molecule is CCNC(=O)[C@H](C)NC(=O)CCc1c(C)nc(SC)nc1C. The van der Waals surface area contributed by atoms with E-state index in [1.807, 2.05) is 27.0 Å². The first-order valence-corrected chi connectivity index (χ1v) is 8.56. The summed E-state index contributed by atoms with van der Waals surface area (Å²) in [6, 6.07) is -0.523. The fourth-order valence-electron chi connectivity index (χ4n) is 2.11. The van der Waals surface area contributed by atoms with Crippen LogP contribution >= 0.6 is 11.8 Å². The quantitative estimate of drug-likeness (QED) is 0.585. The first kappa shape index (κ1) is 18.4. The molecule has 2 N–H and O–H groups in total.